The van der Waals surface area contributed by atoms with Gasteiger partial charge in [-0.05, 0) is 25.9 Å². The number of nitrogens with zero attached hydrogens (tertiary/aromatic N) is 3. The fourth-order valence-electron chi connectivity index (χ4n) is 1.48. The van der Waals surface area contributed by atoms with Crippen LogP contribution in [0.2, 0.25) is 0 Å². The van der Waals surface area contributed by atoms with Crippen LogP contribution in [-0.4, -0.2) is 28.1 Å². The zero-order valence-corrected chi connectivity index (χ0v) is 8.86. The van der Waals surface area contributed by atoms with Crippen LogP contribution >= 0.6 is 0 Å². The van der Waals surface area contributed by atoms with Gasteiger partial charge in [0.2, 0.25) is 5.89 Å². The molecule has 1 heterocycles. The highest BCUT2D eigenvalue weighted by atomic mass is 16.5. The first-order chi connectivity index (χ1) is 6.83. The molecule has 0 unspecified atom stereocenters. The van der Waals surface area contributed by atoms with Gasteiger partial charge in [-0.1, -0.05) is 19.0 Å². The number of hydrogen-bond acceptors (Lipinski definition) is 4. The molecule has 0 bridgehead atoms. The molecule has 14 heavy (non-hydrogen) atoms. The Morgan fingerprint density at radius 2 is 2.07 bits per heavy atom. The summed E-state index contributed by atoms with van der Waals surface area (Å²) in [6.07, 6.45) is 2.45. The molecular weight excluding hydrogens is 178 g/mol. The summed E-state index contributed by atoms with van der Waals surface area (Å²) in [5.41, 5.74) is 0. The normalized spacial score (nSPS) is 16.5. The van der Waals surface area contributed by atoms with Crippen molar-refractivity contribution in [1.29, 1.82) is 0 Å². The Bertz CT molecular complexity index is 289. The van der Waals surface area contributed by atoms with Gasteiger partial charge < -0.3 is 4.52 Å². The number of hydrogen-bond donors (Lipinski definition) is 0. The predicted octanol–water partition coefficient (Wildman–Crippen LogP) is 1.79. The lowest BCUT2D eigenvalue weighted by Gasteiger charge is -2.14. The summed E-state index contributed by atoms with van der Waals surface area (Å²) in [6, 6.07) is 0. The molecule has 78 valence electrons. The van der Waals surface area contributed by atoms with E-state index < -0.39 is 0 Å². The highest BCUT2D eigenvalue weighted by molar-refractivity contribution is 5.03. The van der Waals surface area contributed by atoms with Gasteiger partial charge in [-0.2, -0.15) is 4.98 Å². The first-order valence-corrected chi connectivity index (χ1v) is 5.38. The molecule has 0 aliphatic heterocycles. The third-order valence-corrected chi connectivity index (χ3v) is 2.68. The lowest BCUT2D eigenvalue weighted by atomic mass is 10.4. The molecule has 2 rings (SSSR count). The van der Waals surface area contributed by atoms with E-state index in [-0.39, 0.29) is 0 Å². The zero-order chi connectivity index (χ0) is 9.97. The molecule has 4 nitrogen and oxygen atoms in total. The van der Waals surface area contributed by atoms with Crippen molar-refractivity contribution in [3.05, 3.63) is 11.7 Å². The molecule has 0 saturated heterocycles. The van der Waals surface area contributed by atoms with E-state index in [9.17, 15) is 0 Å². The van der Waals surface area contributed by atoms with Gasteiger partial charge in [0, 0.05) is 5.92 Å². The fourth-order valence-corrected chi connectivity index (χ4v) is 1.48. The van der Waals surface area contributed by atoms with Crippen LogP contribution in [-0.2, 0) is 6.54 Å². The van der Waals surface area contributed by atoms with Crippen molar-refractivity contribution in [3.8, 4) is 0 Å². The molecule has 1 saturated carbocycles. The van der Waals surface area contributed by atoms with Crippen molar-refractivity contribution >= 4 is 0 Å². The summed E-state index contributed by atoms with van der Waals surface area (Å²) in [6.45, 7) is 7.12. The smallest absolute Gasteiger partial charge is 0.240 e. The van der Waals surface area contributed by atoms with E-state index in [1.165, 1.54) is 12.8 Å². The third kappa shape index (κ3) is 2.12. The molecule has 4 heteroatoms. The van der Waals surface area contributed by atoms with Gasteiger partial charge in [-0.15, -0.1) is 0 Å². The van der Waals surface area contributed by atoms with Crippen molar-refractivity contribution in [2.24, 2.45) is 0 Å². The number of rotatable bonds is 5. The van der Waals surface area contributed by atoms with Gasteiger partial charge in [-0.3, -0.25) is 4.90 Å². The van der Waals surface area contributed by atoms with Gasteiger partial charge in [0.05, 0.1) is 6.54 Å². The van der Waals surface area contributed by atoms with Crippen LogP contribution < -0.4 is 0 Å². The van der Waals surface area contributed by atoms with Gasteiger partial charge >= 0.3 is 0 Å². The van der Waals surface area contributed by atoms with Gasteiger partial charge in [0.25, 0.3) is 0 Å². The molecule has 1 aliphatic carbocycles. The zero-order valence-electron chi connectivity index (χ0n) is 8.86. The summed E-state index contributed by atoms with van der Waals surface area (Å²) in [4.78, 5) is 6.66. The van der Waals surface area contributed by atoms with Crippen LogP contribution in [0.5, 0.6) is 0 Å². The molecule has 0 N–H and O–H groups in total. The second-order valence-electron chi connectivity index (χ2n) is 3.78. The van der Waals surface area contributed by atoms with Crippen LogP contribution in [0.25, 0.3) is 0 Å². The van der Waals surface area contributed by atoms with Crippen LogP contribution in [0, 0.1) is 0 Å². The van der Waals surface area contributed by atoms with Gasteiger partial charge in [0.1, 0.15) is 0 Å². The quantitative estimate of drug-likeness (QED) is 0.718. The average Bonchev–Trinajstić information content (AvgIpc) is 2.96. The third-order valence-electron chi connectivity index (χ3n) is 2.68. The Morgan fingerprint density at radius 1 is 1.36 bits per heavy atom. The Kier molecular flexibility index (Phi) is 2.82. The summed E-state index contributed by atoms with van der Waals surface area (Å²) >= 11 is 0. The molecule has 1 aliphatic rings. The molecule has 0 spiro atoms. The van der Waals surface area contributed by atoms with Crippen molar-refractivity contribution in [3.63, 3.8) is 0 Å². The van der Waals surface area contributed by atoms with Gasteiger partial charge in [0.15, 0.2) is 5.82 Å². The monoisotopic (exact) mass is 195 g/mol. The van der Waals surface area contributed by atoms with Gasteiger partial charge in [-0.25, -0.2) is 0 Å². The van der Waals surface area contributed by atoms with E-state index >= 15 is 0 Å². The highest BCUT2D eigenvalue weighted by Gasteiger charge is 2.28. The average molecular weight is 195 g/mol. The van der Waals surface area contributed by atoms with Crippen LogP contribution in [0.1, 0.15) is 44.3 Å². The molecule has 0 amide bonds. The Balaban J connectivity index is 1.94. The lowest BCUT2D eigenvalue weighted by molar-refractivity contribution is 0.246. The lowest BCUT2D eigenvalue weighted by Crippen LogP contribution is -2.22. The van der Waals surface area contributed by atoms with E-state index in [2.05, 4.69) is 28.9 Å². The van der Waals surface area contributed by atoms with Crippen LogP contribution in [0.15, 0.2) is 4.52 Å². The Hall–Kier alpha value is -0.900. The van der Waals surface area contributed by atoms with E-state index in [1.807, 2.05) is 0 Å². The number of aromatic nitrogens is 2. The maximum atomic E-state index is 5.20. The SMILES string of the molecule is CCN(CC)Cc1nc(C2CC2)no1. The summed E-state index contributed by atoms with van der Waals surface area (Å²) in [5, 5.41) is 3.99. The highest BCUT2D eigenvalue weighted by Crippen LogP contribution is 2.38. The van der Waals surface area contributed by atoms with Crippen molar-refractivity contribution < 1.29 is 4.52 Å². The van der Waals surface area contributed by atoms with Crippen molar-refractivity contribution in [2.45, 2.75) is 39.2 Å². The first-order valence-electron chi connectivity index (χ1n) is 5.38. The Morgan fingerprint density at radius 3 is 2.64 bits per heavy atom. The Labute approximate surface area is 84.3 Å². The molecule has 1 aromatic heterocycles. The minimum atomic E-state index is 0.587. The fraction of sp³-hybridized carbons (Fsp3) is 0.800. The van der Waals surface area contributed by atoms with Crippen LogP contribution in [0.4, 0.5) is 0 Å². The van der Waals surface area contributed by atoms with E-state index in [0.29, 0.717) is 5.92 Å². The summed E-state index contributed by atoms with van der Waals surface area (Å²) in [5.74, 6) is 2.26. The molecule has 0 aromatic carbocycles. The molecule has 0 atom stereocenters. The maximum absolute atomic E-state index is 5.20. The van der Waals surface area contributed by atoms with E-state index in [0.717, 1.165) is 31.3 Å². The standard InChI is InChI=1S/C10H17N3O/c1-3-13(4-2)7-9-11-10(12-14-9)8-5-6-8/h8H,3-7H2,1-2H3. The topological polar surface area (TPSA) is 42.2 Å². The van der Waals surface area contributed by atoms with Crippen molar-refractivity contribution in [2.75, 3.05) is 13.1 Å². The van der Waals surface area contributed by atoms with Crippen molar-refractivity contribution in [1.82, 2.24) is 15.0 Å². The van der Waals surface area contributed by atoms with E-state index in [4.69, 9.17) is 4.52 Å². The summed E-state index contributed by atoms with van der Waals surface area (Å²) in [7, 11) is 0. The second kappa shape index (κ2) is 4.09. The molecule has 1 fully saturated rings. The maximum Gasteiger partial charge on any atom is 0.240 e. The first kappa shape index (κ1) is 9.65. The van der Waals surface area contributed by atoms with E-state index in [1.54, 1.807) is 0 Å². The second-order valence-corrected chi connectivity index (χ2v) is 3.78. The summed E-state index contributed by atoms with van der Waals surface area (Å²) < 4.78 is 5.20. The van der Waals surface area contributed by atoms with Crippen LogP contribution in [0.3, 0.4) is 0 Å². The minimum Gasteiger partial charge on any atom is -0.338 e. The minimum absolute atomic E-state index is 0.587. The molecule has 1 aromatic rings. The molecular formula is C10H17N3O. The molecule has 0 radical (unpaired) electrons. The predicted molar refractivity (Wildman–Crippen MR) is 52.9 cm³/mol. The largest absolute Gasteiger partial charge is 0.338 e.